The molecule has 0 saturated carbocycles. The van der Waals surface area contributed by atoms with Crippen molar-refractivity contribution in [3.05, 3.63) is 29.3 Å². The summed E-state index contributed by atoms with van der Waals surface area (Å²) in [6, 6.07) is 5.28. The summed E-state index contributed by atoms with van der Waals surface area (Å²) < 4.78 is 0. The molecule has 4 N–H and O–H groups in total. The number of aryl methyl sites for hydroxylation is 1. The lowest BCUT2D eigenvalue weighted by molar-refractivity contribution is -0.119. The number of rotatable bonds is 5. The van der Waals surface area contributed by atoms with Crippen LogP contribution >= 0.6 is 0 Å². The number of nitrogens with one attached hydrogen (secondary N) is 1. The van der Waals surface area contributed by atoms with Crippen LogP contribution < -0.4 is 11.1 Å². The minimum atomic E-state index is -0.0306. The number of benzene rings is 1. The van der Waals surface area contributed by atoms with Crippen LogP contribution in [-0.2, 0) is 4.79 Å². The minimum absolute atomic E-state index is 0.0124. The largest absolute Gasteiger partial charge is 0.409 e. The molecule has 19 heavy (non-hydrogen) atoms. The summed E-state index contributed by atoms with van der Waals surface area (Å²) in [5, 5.41) is 14.5. The van der Waals surface area contributed by atoms with Gasteiger partial charge in [0.15, 0.2) is 5.84 Å². The van der Waals surface area contributed by atoms with E-state index in [0.29, 0.717) is 11.3 Å². The summed E-state index contributed by atoms with van der Waals surface area (Å²) >= 11 is 0. The second-order valence-corrected chi connectivity index (χ2v) is 4.69. The zero-order valence-corrected chi connectivity index (χ0v) is 11.6. The van der Waals surface area contributed by atoms with Gasteiger partial charge in [-0.2, -0.15) is 0 Å². The van der Waals surface area contributed by atoms with Crippen molar-refractivity contribution in [2.75, 3.05) is 5.32 Å². The predicted molar refractivity (Wildman–Crippen MR) is 76.4 cm³/mol. The zero-order chi connectivity index (χ0) is 14.4. The highest BCUT2D eigenvalue weighted by atomic mass is 16.4. The number of carbonyl (C=O) groups excluding carboxylic acids is 1. The third-order valence-electron chi connectivity index (χ3n) is 3.07. The van der Waals surface area contributed by atoms with E-state index in [9.17, 15) is 4.79 Å². The van der Waals surface area contributed by atoms with Crippen molar-refractivity contribution in [2.45, 2.75) is 33.6 Å². The first-order chi connectivity index (χ1) is 8.99. The first-order valence-corrected chi connectivity index (χ1v) is 6.39. The normalized spacial score (nSPS) is 13.1. The van der Waals surface area contributed by atoms with E-state index < -0.39 is 0 Å². The molecule has 1 rings (SSSR count). The van der Waals surface area contributed by atoms with Crippen molar-refractivity contribution < 1.29 is 10.0 Å². The van der Waals surface area contributed by atoms with Gasteiger partial charge in [-0.05, 0) is 25.0 Å². The van der Waals surface area contributed by atoms with Crippen molar-refractivity contribution in [2.24, 2.45) is 16.8 Å². The topological polar surface area (TPSA) is 87.7 Å². The molecule has 0 aromatic heterocycles. The molecule has 0 aliphatic carbocycles. The smallest absolute Gasteiger partial charge is 0.227 e. The average molecular weight is 263 g/mol. The summed E-state index contributed by atoms with van der Waals surface area (Å²) in [6.45, 7) is 5.85. The number of amidine groups is 1. The number of carbonyl (C=O) groups is 1. The number of nitrogens with zero attached hydrogens (tertiary/aromatic N) is 1. The van der Waals surface area contributed by atoms with Crippen LogP contribution in [0.5, 0.6) is 0 Å². The lowest BCUT2D eigenvalue weighted by Gasteiger charge is -2.14. The van der Waals surface area contributed by atoms with Gasteiger partial charge in [-0.15, -0.1) is 0 Å². The van der Waals surface area contributed by atoms with Crippen molar-refractivity contribution >= 4 is 17.4 Å². The molecule has 1 aromatic rings. The molecule has 0 fully saturated rings. The van der Waals surface area contributed by atoms with Crippen LogP contribution in [0.4, 0.5) is 5.69 Å². The number of anilines is 1. The second-order valence-electron chi connectivity index (χ2n) is 4.69. The van der Waals surface area contributed by atoms with Crippen LogP contribution in [0.25, 0.3) is 0 Å². The molecule has 0 aliphatic rings. The van der Waals surface area contributed by atoms with Gasteiger partial charge in [-0.3, -0.25) is 4.79 Å². The molecule has 0 saturated heterocycles. The third kappa shape index (κ3) is 3.98. The van der Waals surface area contributed by atoms with E-state index in [2.05, 4.69) is 10.5 Å². The lowest BCUT2D eigenvalue weighted by atomic mass is 10.0. The molecule has 104 valence electrons. The van der Waals surface area contributed by atoms with Crippen molar-refractivity contribution in [3.8, 4) is 0 Å². The highest BCUT2D eigenvalue weighted by Gasteiger charge is 2.13. The maximum absolute atomic E-state index is 12.0. The standard InChI is InChI=1S/C14H21N3O2/c1-4-5-10(3)14(18)16-12-8-11(13(15)17-19)7-6-9(12)2/h6-8,10,19H,4-5H2,1-3H3,(H2,15,17)(H,16,18). The first kappa shape index (κ1) is 15.0. The number of amides is 1. The van der Waals surface area contributed by atoms with Crippen LogP contribution in [0.2, 0.25) is 0 Å². The highest BCUT2D eigenvalue weighted by Crippen LogP contribution is 2.18. The Kier molecular flexibility index (Phi) is 5.36. The molecule has 0 spiro atoms. The van der Waals surface area contributed by atoms with Gasteiger partial charge < -0.3 is 16.3 Å². The van der Waals surface area contributed by atoms with E-state index in [4.69, 9.17) is 10.9 Å². The van der Waals surface area contributed by atoms with Gasteiger partial charge in [0.1, 0.15) is 0 Å². The molecular formula is C14H21N3O2. The second kappa shape index (κ2) is 6.78. The van der Waals surface area contributed by atoms with E-state index in [-0.39, 0.29) is 17.7 Å². The summed E-state index contributed by atoms with van der Waals surface area (Å²) in [7, 11) is 0. The Bertz CT molecular complexity index is 484. The Balaban J connectivity index is 2.91. The fraction of sp³-hybridized carbons (Fsp3) is 0.429. The lowest BCUT2D eigenvalue weighted by Crippen LogP contribution is -2.21. The molecule has 0 heterocycles. The van der Waals surface area contributed by atoms with Crippen LogP contribution in [-0.4, -0.2) is 17.0 Å². The van der Waals surface area contributed by atoms with Gasteiger partial charge in [-0.25, -0.2) is 0 Å². The van der Waals surface area contributed by atoms with E-state index in [0.717, 1.165) is 18.4 Å². The Morgan fingerprint density at radius 3 is 2.79 bits per heavy atom. The molecule has 1 atom stereocenters. The van der Waals surface area contributed by atoms with E-state index >= 15 is 0 Å². The Labute approximate surface area is 113 Å². The molecule has 1 unspecified atom stereocenters. The molecule has 5 heteroatoms. The SMILES string of the molecule is CCCC(C)C(=O)Nc1cc(/C(N)=N/O)ccc1C. The van der Waals surface area contributed by atoms with Crippen LogP contribution in [0.1, 0.15) is 37.8 Å². The zero-order valence-electron chi connectivity index (χ0n) is 11.6. The van der Waals surface area contributed by atoms with Gasteiger partial charge in [0.2, 0.25) is 5.91 Å². The van der Waals surface area contributed by atoms with Gasteiger partial charge in [-0.1, -0.05) is 37.6 Å². The maximum Gasteiger partial charge on any atom is 0.227 e. The fourth-order valence-corrected chi connectivity index (χ4v) is 1.79. The highest BCUT2D eigenvalue weighted by molar-refractivity contribution is 5.99. The van der Waals surface area contributed by atoms with E-state index in [1.54, 1.807) is 12.1 Å². The third-order valence-corrected chi connectivity index (χ3v) is 3.07. The Morgan fingerprint density at radius 1 is 1.53 bits per heavy atom. The average Bonchev–Trinajstić information content (AvgIpc) is 2.40. The van der Waals surface area contributed by atoms with Gasteiger partial charge in [0.25, 0.3) is 0 Å². The molecule has 0 aliphatic heterocycles. The van der Waals surface area contributed by atoms with Crippen LogP contribution in [0.15, 0.2) is 23.4 Å². The molecule has 0 bridgehead atoms. The van der Waals surface area contributed by atoms with Crippen LogP contribution in [0.3, 0.4) is 0 Å². The summed E-state index contributed by atoms with van der Waals surface area (Å²) in [5.41, 5.74) is 7.74. The Hall–Kier alpha value is -2.04. The molecular weight excluding hydrogens is 242 g/mol. The summed E-state index contributed by atoms with van der Waals surface area (Å²) in [4.78, 5) is 12.0. The molecule has 1 aromatic carbocycles. The summed E-state index contributed by atoms with van der Waals surface area (Å²) in [6.07, 6.45) is 1.82. The number of nitrogens with two attached hydrogens (primary N) is 1. The van der Waals surface area contributed by atoms with E-state index in [1.165, 1.54) is 0 Å². The first-order valence-electron chi connectivity index (χ1n) is 6.39. The predicted octanol–water partition coefficient (Wildman–Crippen LogP) is 2.46. The minimum Gasteiger partial charge on any atom is -0.409 e. The van der Waals surface area contributed by atoms with Crippen molar-refractivity contribution in [1.82, 2.24) is 0 Å². The summed E-state index contributed by atoms with van der Waals surface area (Å²) in [5.74, 6) is -0.0179. The fourth-order valence-electron chi connectivity index (χ4n) is 1.79. The monoisotopic (exact) mass is 263 g/mol. The maximum atomic E-state index is 12.0. The van der Waals surface area contributed by atoms with E-state index in [1.807, 2.05) is 26.8 Å². The number of oxime groups is 1. The van der Waals surface area contributed by atoms with Gasteiger partial charge in [0, 0.05) is 17.2 Å². The van der Waals surface area contributed by atoms with Crippen molar-refractivity contribution in [3.63, 3.8) is 0 Å². The number of hydrogen-bond donors (Lipinski definition) is 3. The van der Waals surface area contributed by atoms with Crippen LogP contribution in [0, 0.1) is 12.8 Å². The molecule has 0 radical (unpaired) electrons. The van der Waals surface area contributed by atoms with Gasteiger partial charge >= 0.3 is 0 Å². The van der Waals surface area contributed by atoms with Crippen molar-refractivity contribution in [1.29, 1.82) is 0 Å². The molecule has 5 nitrogen and oxygen atoms in total. The number of hydrogen-bond acceptors (Lipinski definition) is 3. The van der Waals surface area contributed by atoms with Gasteiger partial charge in [0.05, 0.1) is 0 Å². The quantitative estimate of drug-likeness (QED) is 0.330. The molecule has 1 amide bonds. The Morgan fingerprint density at radius 2 is 2.21 bits per heavy atom.